The van der Waals surface area contributed by atoms with E-state index in [0.29, 0.717) is 5.82 Å². The van der Waals surface area contributed by atoms with Crippen LogP contribution in [0.15, 0.2) is 30.5 Å². The van der Waals surface area contributed by atoms with Gasteiger partial charge in [-0.2, -0.15) is 0 Å². The normalized spacial score (nSPS) is 11.2. The molecule has 5 heteroatoms. The van der Waals surface area contributed by atoms with Gasteiger partial charge in [-0.15, -0.1) is 11.3 Å². The van der Waals surface area contributed by atoms with E-state index in [2.05, 4.69) is 4.98 Å². The minimum atomic E-state index is -0.239. The molecule has 0 spiro atoms. The van der Waals surface area contributed by atoms with Crippen molar-refractivity contribution in [2.45, 2.75) is 6.92 Å². The van der Waals surface area contributed by atoms with Gasteiger partial charge in [0.2, 0.25) is 0 Å². The lowest BCUT2D eigenvalue weighted by Gasteiger charge is -2.03. The quantitative estimate of drug-likeness (QED) is 0.718. The third-order valence-electron chi connectivity index (χ3n) is 2.68. The minimum absolute atomic E-state index is 0.239. The molecular weight excluding hydrogens is 237 g/mol. The van der Waals surface area contributed by atoms with Gasteiger partial charge < -0.3 is 5.73 Å². The Morgan fingerprint density at radius 2 is 2.00 bits per heavy atom. The van der Waals surface area contributed by atoms with Gasteiger partial charge in [0.05, 0.1) is 11.9 Å². The van der Waals surface area contributed by atoms with E-state index in [1.807, 2.05) is 11.3 Å². The second-order valence-corrected chi connectivity index (χ2v) is 5.00. The zero-order valence-electron chi connectivity index (χ0n) is 9.14. The van der Waals surface area contributed by atoms with E-state index >= 15 is 0 Å². The second-order valence-electron chi connectivity index (χ2n) is 3.81. The molecule has 0 radical (unpaired) electrons. The highest BCUT2D eigenvalue weighted by atomic mass is 32.1. The van der Waals surface area contributed by atoms with Gasteiger partial charge in [-0.3, -0.25) is 4.40 Å². The number of hydrogen-bond donors (Lipinski definition) is 1. The van der Waals surface area contributed by atoms with Gasteiger partial charge >= 0.3 is 0 Å². The highest BCUT2D eigenvalue weighted by Gasteiger charge is 2.13. The van der Waals surface area contributed by atoms with Crippen molar-refractivity contribution in [2.75, 3.05) is 5.73 Å². The van der Waals surface area contributed by atoms with Gasteiger partial charge in [-0.1, -0.05) is 0 Å². The number of hydrogen-bond acceptors (Lipinski definition) is 3. The van der Waals surface area contributed by atoms with Crippen molar-refractivity contribution in [1.82, 2.24) is 9.38 Å². The number of thiazole rings is 1. The summed E-state index contributed by atoms with van der Waals surface area (Å²) in [5.74, 6) is 0.361. The van der Waals surface area contributed by atoms with E-state index in [1.54, 1.807) is 29.7 Å². The molecule has 0 aliphatic carbocycles. The highest BCUT2D eigenvalue weighted by molar-refractivity contribution is 7.17. The number of rotatable bonds is 1. The molecule has 3 rings (SSSR count). The first-order chi connectivity index (χ1) is 8.16. The number of benzene rings is 1. The van der Waals surface area contributed by atoms with Crippen molar-refractivity contribution in [3.63, 3.8) is 0 Å². The summed E-state index contributed by atoms with van der Waals surface area (Å²) in [7, 11) is 0. The fourth-order valence-corrected chi connectivity index (χ4v) is 2.90. The van der Waals surface area contributed by atoms with Gasteiger partial charge in [0.1, 0.15) is 11.6 Å². The third-order valence-corrected chi connectivity index (χ3v) is 3.65. The Labute approximate surface area is 101 Å². The van der Waals surface area contributed by atoms with Crippen LogP contribution in [0.25, 0.3) is 16.2 Å². The van der Waals surface area contributed by atoms with Crippen LogP contribution in [0.1, 0.15) is 4.88 Å². The Kier molecular flexibility index (Phi) is 2.16. The predicted octanol–water partition coefficient (Wildman–Crippen LogP) is 3.09. The van der Waals surface area contributed by atoms with Crippen molar-refractivity contribution in [3.05, 3.63) is 41.2 Å². The van der Waals surface area contributed by atoms with Gasteiger partial charge in [0.15, 0.2) is 4.96 Å². The first-order valence-electron chi connectivity index (χ1n) is 5.15. The van der Waals surface area contributed by atoms with E-state index in [4.69, 9.17) is 5.73 Å². The number of imidazole rings is 1. The van der Waals surface area contributed by atoms with Crippen LogP contribution in [-0.2, 0) is 0 Å². The molecule has 0 unspecified atom stereocenters. The SMILES string of the molecule is Cc1sc2ncc(N)n2c1-c1ccc(F)cc1. The molecule has 0 aliphatic rings. The summed E-state index contributed by atoms with van der Waals surface area (Å²) in [6.45, 7) is 2.01. The number of aryl methyl sites for hydroxylation is 1. The van der Waals surface area contributed by atoms with E-state index in [1.165, 1.54) is 12.1 Å². The lowest BCUT2D eigenvalue weighted by atomic mass is 10.1. The first-order valence-corrected chi connectivity index (χ1v) is 5.97. The number of nitrogen functional groups attached to an aromatic ring is 1. The topological polar surface area (TPSA) is 43.3 Å². The molecule has 2 N–H and O–H groups in total. The minimum Gasteiger partial charge on any atom is -0.383 e. The van der Waals surface area contributed by atoms with Crippen molar-refractivity contribution in [2.24, 2.45) is 0 Å². The van der Waals surface area contributed by atoms with Crippen molar-refractivity contribution < 1.29 is 4.39 Å². The molecule has 0 amide bonds. The monoisotopic (exact) mass is 247 g/mol. The fourth-order valence-electron chi connectivity index (χ4n) is 1.93. The number of halogens is 1. The second kappa shape index (κ2) is 3.56. The molecule has 17 heavy (non-hydrogen) atoms. The Hall–Kier alpha value is -1.88. The van der Waals surface area contributed by atoms with Crippen LogP contribution < -0.4 is 5.73 Å². The van der Waals surface area contributed by atoms with Crippen LogP contribution in [0.3, 0.4) is 0 Å². The highest BCUT2D eigenvalue weighted by Crippen LogP contribution is 2.32. The first kappa shape index (κ1) is 10.3. The summed E-state index contributed by atoms with van der Waals surface area (Å²) in [4.78, 5) is 6.20. The van der Waals surface area contributed by atoms with Crippen molar-refractivity contribution in [1.29, 1.82) is 0 Å². The van der Waals surface area contributed by atoms with Gasteiger partial charge in [-0.05, 0) is 36.8 Å². The summed E-state index contributed by atoms with van der Waals surface area (Å²) in [6, 6.07) is 6.41. The zero-order chi connectivity index (χ0) is 12.0. The molecule has 0 fully saturated rings. The molecule has 0 saturated heterocycles. The van der Waals surface area contributed by atoms with Crippen molar-refractivity contribution in [3.8, 4) is 11.3 Å². The number of fused-ring (bicyclic) bond motifs is 1. The molecular formula is C12H10FN3S. The van der Waals surface area contributed by atoms with Gasteiger partial charge in [0.25, 0.3) is 0 Å². The molecule has 0 aliphatic heterocycles. The largest absolute Gasteiger partial charge is 0.383 e. The lowest BCUT2D eigenvalue weighted by Crippen LogP contribution is -1.94. The number of anilines is 1. The van der Waals surface area contributed by atoms with E-state index in [-0.39, 0.29) is 5.82 Å². The molecule has 3 nitrogen and oxygen atoms in total. The predicted molar refractivity (Wildman–Crippen MR) is 67.6 cm³/mol. The molecule has 0 bridgehead atoms. The molecule has 2 heterocycles. The summed E-state index contributed by atoms with van der Waals surface area (Å²) in [5, 5.41) is 0. The van der Waals surface area contributed by atoms with Crippen LogP contribution in [0.5, 0.6) is 0 Å². The summed E-state index contributed by atoms with van der Waals surface area (Å²) in [6.07, 6.45) is 1.64. The summed E-state index contributed by atoms with van der Waals surface area (Å²) < 4.78 is 14.8. The molecule has 86 valence electrons. The standard InChI is InChI=1S/C12H10FN3S/c1-7-11(8-2-4-9(13)5-3-8)16-10(14)6-15-12(16)17-7/h2-6H,14H2,1H3. The third kappa shape index (κ3) is 1.51. The number of nitrogens with zero attached hydrogens (tertiary/aromatic N) is 2. The van der Waals surface area contributed by atoms with Gasteiger partial charge in [-0.25, -0.2) is 9.37 Å². The lowest BCUT2D eigenvalue weighted by molar-refractivity contribution is 0.628. The molecule has 0 saturated carbocycles. The molecule has 3 aromatic rings. The Morgan fingerprint density at radius 3 is 2.71 bits per heavy atom. The Balaban J connectivity index is 2.32. The Morgan fingerprint density at radius 1 is 1.29 bits per heavy atom. The number of nitrogens with two attached hydrogens (primary N) is 1. The fraction of sp³-hybridized carbons (Fsp3) is 0.0833. The smallest absolute Gasteiger partial charge is 0.196 e. The van der Waals surface area contributed by atoms with Crippen LogP contribution >= 0.6 is 11.3 Å². The number of aromatic nitrogens is 2. The van der Waals surface area contributed by atoms with E-state index in [9.17, 15) is 4.39 Å². The Bertz CT molecular complexity index is 682. The molecule has 1 aromatic carbocycles. The average molecular weight is 247 g/mol. The van der Waals surface area contributed by atoms with Crippen LogP contribution in [-0.4, -0.2) is 9.38 Å². The maximum atomic E-state index is 12.9. The zero-order valence-corrected chi connectivity index (χ0v) is 9.96. The summed E-state index contributed by atoms with van der Waals surface area (Å²) >= 11 is 1.58. The summed E-state index contributed by atoms with van der Waals surface area (Å²) in [5.41, 5.74) is 7.82. The van der Waals surface area contributed by atoms with E-state index < -0.39 is 0 Å². The molecule has 0 atom stereocenters. The average Bonchev–Trinajstić information content (AvgIpc) is 2.80. The van der Waals surface area contributed by atoms with Crippen LogP contribution in [0, 0.1) is 12.7 Å². The van der Waals surface area contributed by atoms with E-state index in [0.717, 1.165) is 21.1 Å². The van der Waals surface area contributed by atoms with Crippen LogP contribution in [0.2, 0.25) is 0 Å². The van der Waals surface area contributed by atoms with Gasteiger partial charge in [0, 0.05) is 4.88 Å². The maximum Gasteiger partial charge on any atom is 0.196 e. The van der Waals surface area contributed by atoms with Crippen LogP contribution in [0.4, 0.5) is 10.2 Å². The molecule has 2 aromatic heterocycles. The maximum absolute atomic E-state index is 12.9. The van der Waals surface area contributed by atoms with Crippen molar-refractivity contribution >= 4 is 22.1 Å².